The van der Waals surface area contributed by atoms with Crippen LogP contribution >= 0.6 is 11.5 Å². The maximum atomic E-state index is 12.3. The quantitative estimate of drug-likeness (QED) is 0.903. The molecule has 2 aromatic rings. The van der Waals surface area contributed by atoms with E-state index < -0.39 is 0 Å². The summed E-state index contributed by atoms with van der Waals surface area (Å²) >= 11 is 1.31. The van der Waals surface area contributed by atoms with Gasteiger partial charge in [0.15, 0.2) is 0 Å². The first-order chi connectivity index (χ1) is 10.4. The van der Waals surface area contributed by atoms with E-state index in [1.807, 2.05) is 14.1 Å². The van der Waals surface area contributed by atoms with Crippen LogP contribution in [0.15, 0.2) is 6.20 Å². The van der Waals surface area contributed by atoms with E-state index in [2.05, 4.69) is 38.7 Å². The first-order valence-corrected chi connectivity index (χ1v) is 7.77. The van der Waals surface area contributed by atoms with Crippen LogP contribution in [0.4, 0.5) is 5.95 Å². The van der Waals surface area contributed by atoms with Gasteiger partial charge in [0.25, 0.3) is 5.91 Å². The molecule has 0 aromatic carbocycles. The highest BCUT2D eigenvalue weighted by molar-refractivity contribution is 7.05. The topological polar surface area (TPSA) is 83.9 Å². The van der Waals surface area contributed by atoms with E-state index in [9.17, 15) is 4.79 Å². The minimum atomic E-state index is -0.189. The molecule has 0 unspecified atom stereocenters. The number of aromatic nitrogens is 4. The van der Waals surface area contributed by atoms with E-state index in [-0.39, 0.29) is 11.8 Å². The van der Waals surface area contributed by atoms with Crippen LogP contribution in [0.1, 0.15) is 46.4 Å². The van der Waals surface area contributed by atoms with Gasteiger partial charge in [0.1, 0.15) is 0 Å². The number of hydrogen-bond donors (Lipinski definition) is 1. The molecule has 0 atom stereocenters. The minimum Gasteiger partial charge on any atom is -0.347 e. The minimum absolute atomic E-state index is 0.189. The maximum Gasteiger partial charge on any atom is 0.254 e. The summed E-state index contributed by atoms with van der Waals surface area (Å²) in [5.74, 6) is 0.684. The molecule has 0 bridgehead atoms. The third kappa shape index (κ3) is 3.56. The zero-order valence-corrected chi connectivity index (χ0v) is 14.2. The number of carbonyl (C=O) groups excluding carboxylic acids is 1. The van der Waals surface area contributed by atoms with Crippen LogP contribution in [0.25, 0.3) is 0 Å². The standard InChI is InChI=1S/C14H20N6OS/c1-8(2)12-11(22-19-18-12)7-15-13(21)10-6-16-14(20(4)5)17-9(10)3/h6,8H,7H2,1-5H3,(H,15,21). The number of carbonyl (C=O) groups is 1. The molecule has 0 aliphatic carbocycles. The van der Waals surface area contributed by atoms with Gasteiger partial charge < -0.3 is 10.2 Å². The SMILES string of the molecule is Cc1nc(N(C)C)ncc1C(=O)NCc1snnc1C(C)C. The summed E-state index contributed by atoms with van der Waals surface area (Å²) < 4.78 is 3.95. The van der Waals surface area contributed by atoms with E-state index in [0.717, 1.165) is 10.6 Å². The molecule has 1 amide bonds. The molecule has 0 aliphatic heterocycles. The van der Waals surface area contributed by atoms with Crippen molar-refractivity contribution in [2.45, 2.75) is 33.2 Å². The molecule has 22 heavy (non-hydrogen) atoms. The number of aryl methyl sites for hydroxylation is 1. The highest BCUT2D eigenvalue weighted by atomic mass is 32.1. The predicted molar refractivity (Wildman–Crippen MR) is 86.3 cm³/mol. The largest absolute Gasteiger partial charge is 0.347 e. The van der Waals surface area contributed by atoms with Crippen LogP contribution in [0.3, 0.4) is 0 Å². The lowest BCUT2D eigenvalue weighted by Crippen LogP contribution is -2.25. The van der Waals surface area contributed by atoms with E-state index in [1.54, 1.807) is 18.0 Å². The molecule has 0 saturated heterocycles. The molecule has 7 nitrogen and oxygen atoms in total. The molecule has 2 rings (SSSR count). The van der Waals surface area contributed by atoms with Crippen molar-refractivity contribution in [1.29, 1.82) is 0 Å². The first kappa shape index (κ1) is 16.3. The lowest BCUT2D eigenvalue weighted by atomic mass is 10.1. The Labute approximate surface area is 134 Å². The van der Waals surface area contributed by atoms with E-state index in [1.165, 1.54) is 11.5 Å². The number of amides is 1. The van der Waals surface area contributed by atoms with Gasteiger partial charge in [-0.05, 0) is 24.4 Å². The van der Waals surface area contributed by atoms with Crippen molar-refractivity contribution in [3.8, 4) is 0 Å². The fourth-order valence-electron chi connectivity index (χ4n) is 1.93. The van der Waals surface area contributed by atoms with Gasteiger partial charge in [0.2, 0.25) is 5.95 Å². The zero-order valence-electron chi connectivity index (χ0n) is 13.4. The molecule has 8 heteroatoms. The summed E-state index contributed by atoms with van der Waals surface area (Å²) in [6, 6.07) is 0. The van der Waals surface area contributed by atoms with Crippen molar-refractivity contribution in [2.24, 2.45) is 0 Å². The van der Waals surface area contributed by atoms with Crippen LogP contribution in [0.2, 0.25) is 0 Å². The summed E-state index contributed by atoms with van der Waals surface area (Å²) in [5, 5.41) is 6.99. The summed E-state index contributed by atoms with van der Waals surface area (Å²) in [4.78, 5) is 23.6. The van der Waals surface area contributed by atoms with Crippen molar-refractivity contribution >= 4 is 23.4 Å². The van der Waals surface area contributed by atoms with E-state index in [0.29, 0.717) is 23.8 Å². The number of hydrogen-bond acceptors (Lipinski definition) is 7. The summed E-state index contributed by atoms with van der Waals surface area (Å²) in [5.41, 5.74) is 2.07. The molecular formula is C14H20N6OS. The van der Waals surface area contributed by atoms with Crippen molar-refractivity contribution < 1.29 is 4.79 Å². The van der Waals surface area contributed by atoms with Gasteiger partial charge in [-0.2, -0.15) is 0 Å². The van der Waals surface area contributed by atoms with Crippen LogP contribution in [0, 0.1) is 6.92 Å². The molecule has 0 radical (unpaired) electrons. The molecule has 0 fully saturated rings. The molecule has 2 heterocycles. The van der Waals surface area contributed by atoms with Crippen LogP contribution in [-0.2, 0) is 6.54 Å². The number of nitrogens with one attached hydrogen (secondary N) is 1. The molecule has 0 aliphatic rings. The second-order valence-corrected chi connectivity index (χ2v) is 6.32. The molecular weight excluding hydrogens is 300 g/mol. The Morgan fingerprint density at radius 2 is 2.14 bits per heavy atom. The van der Waals surface area contributed by atoms with E-state index in [4.69, 9.17) is 0 Å². The van der Waals surface area contributed by atoms with Gasteiger partial charge in [0, 0.05) is 20.3 Å². The predicted octanol–water partition coefficient (Wildman–Crippen LogP) is 1.76. The molecule has 118 valence electrons. The lowest BCUT2D eigenvalue weighted by Gasteiger charge is -2.12. The summed E-state index contributed by atoms with van der Waals surface area (Å²) in [6.07, 6.45) is 1.56. The molecule has 0 saturated carbocycles. The third-order valence-corrected chi connectivity index (χ3v) is 3.89. The van der Waals surface area contributed by atoms with Gasteiger partial charge in [-0.3, -0.25) is 4.79 Å². The third-order valence-electron chi connectivity index (χ3n) is 3.15. The Morgan fingerprint density at radius 3 is 2.73 bits per heavy atom. The number of rotatable bonds is 5. The van der Waals surface area contributed by atoms with Crippen molar-refractivity contribution in [1.82, 2.24) is 24.9 Å². The summed E-state index contributed by atoms with van der Waals surface area (Å²) in [7, 11) is 3.72. The second-order valence-electron chi connectivity index (χ2n) is 5.48. The Bertz CT molecular complexity index is 667. The van der Waals surface area contributed by atoms with Gasteiger partial charge in [0.05, 0.1) is 28.4 Å². The van der Waals surface area contributed by atoms with Gasteiger partial charge in [-0.1, -0.05) is 18.3 Å². The highest BCUT2D eigenvalue weighted by Crippen LogP contribution is 2.19. The average molecular weight is 320 g/mol. The van der Waals surface area contributed by atoms with Gasteiger partial charge >= 0.3 is 0 Å². The smallest absolute Gasteiger partial charge is 0.254 e. The molecule has 1 N–H and O–H groups in total. The van der Waals surface area contributed by atoms with Gasteiger partial charge in [-0.15, -0.1) is 5.10 Å². The van der Waals surface area contributed by atoms with Crippen LogP contribution in [-0.4, -0.2) is 39.6 Å². The highest BCUT2D eigenvalue weighted by Gasteiger charge is 2.15. The lowest BCUT2D eigenvalue weighted by molar-refractivity contribution is 0.0949. The van der Waals surface area contributed by atoms with Crippen molar-refractivity contribution in [3.63, 3.8) is 0 Å². The first-order valence-electron chi connectivity index (χ1n) is 7.00. The monoisotopic (exact) mass is 320 g/mol. The van der Waals surface area contributed by atoms with Gasteiger partial charge in [-0.25, -0.2) is 9.97 Å². The Kier molecular flexibility index (Phi) is 5.02. The average Bonchev–Trinajstić information content (AvgIpc) is 2.93. The fourth-order valence-corrected chi connectivity index (χ4v) is 2.66. The van der Waals surface area contributed by atoms with Crippen molar-refractivity contribution in [3.05, 3.63) is 28.0 Å². The number of nitrogens with zero attached hydrogens (tertiary/aromatic N) is 5. The van der Waals surface area contributed by atoms with Crippen molar-refractivity contribution in [2.75, 3.05) is 19.0 Å². The zero-order chi connectivity index (χ0) is 16.3. The molecule has 0 spiro atoms. The number of anilines is 1. The second kappa shape index (κ2) is 6.78. The Hall–Kier alpha value is -2.09. The summed E-state index contributed by atoms with van der Waals surface area (Å²) in [6.45, 7) is 6.33. The maximum absolute atomic E-state index is 12.3. The normalized spacial score (nSPS) is 10.8. The Morgan fingerprint density at radius 1 is 1.41 bits per heavy atom. The van der Waals surface area contributed by atoms with Crippen LogP contribution < -0.4 is 10.2 Å². The Balaban J connectivity index is 2.08. The van der Waals surface area contributed by atoms with E-state index >= 15 is 0 Å². The fraction of sp³-hybridized carbons (Fsp3) is 0.500. The van der Waals surface area contributed by atoms with Crippen LogP contribution in [0.5, 0.6) is 0 Å². The molecule has 2 aromatic heterocycles.